The van der Waals surface area contributed by atoms with Crippen molar-refractivity contribution in [2.75, 3.05) is 14.2 Å². The van der Waals surface area contributed by atoms with Gasteiger partial charge in [-0.05, 0) is 19.1 Å². The van der Waals surface area contributed by atoms with Crippen LogP contribution in [0.15, 0.2) is 36.4 Å². The SMILES string of the molecule is C=C(C)C(=O)OC.COc1ccccc1O. The number of para-hydroxylation sites is 2. The van der Waals surface area contributed by atoms with Crippen molar-refractivity contribution in [3.63, 3.8) is 0 Å². The van der Waals surface area contributed by atoms with Gasteiger partial charge in [0, 0.05) is 5.57 Å². The zero-order chi connectivity index (χ0) is 12.6. The summed E-state index contributed by atoms with van der Waals surface area (Å²) in [6.45, 7) is 4.95. The van der Waals surface area contributed by atoms with Gasteiger partial charge >= 0.3 is 5.97 Å². The molecule has 0 fully saturated rings. The zero-order valence-corrected chi connectivity index (χ0v) is 9.69. The van der Waals surface area contributed by atoms with Gasteiger partial charge < -0.3 is 14.6 Å². The van der Waals surface area contributed by atoms with Crippen LogP contribution in [0.3, 0.4) is 0 Å². The van der Waals surface area contributed by atoms with E-state index in [1.807, 2.05) is 0 Å². The lowest BCUT2D eigenvalue weighted by Crippen LogP contribution is -1.98. The Morgan fingerprint density at radius 3 is 2.12 bits per heavy atom. The third-order valence-corrected chi connectivity index (χ3v) is 1.62. The molecule has 4 nitrogen and oxygen atoms in total. The lowest BCUT2D eigenvalue weighted by molar-refractivity contribution is -0.136. The minimum Gasteiger partial charge on any atom is -0.504 e. The summed E-state index contributed by atoms with van der Waals surface area (Å²) in [7, 11) is 2.85. The molecule has 0 spiro atoms. The first-order valence-corrected chi connectivity index (χ1v) is 4.58. The second kappa shape index (κ2) is 7.34. The molecule has 4 heteroatoms. The lowest BCUT2D eigenvalue weighted by Gasteiger charge is -1.99. The van der Waals surface area contributed by atoms with E-state index >= 15 is 0 Å². The monoisotopic (exact) mass is 224 g/mol. The van der Waals surface area contributed by atoms with E-state index in [0.29, 0.717) is 11.3 Å². The average molecular weight is 224 g/mol. The Balaban J connectivity index is 0.000000293. The number of methoxy groups -OCH3 is 2. The van der Waals surface area contributed by atoms with Gasteiger partial charge in [0.05, 0.1) is 14.2 Å². The van der Waals surface area contributed by atoms with Crippen LogP contribution in [-0.2, 0) is 9.53 Å². The Bertz CT molecular complexity index is 358. The predicted octanol–water partition coefficient (Wildman–Crippen LogP) is 2.14. The molecule has 1 aromatic rings. The second-order valence-electron chi connectivity index (χ2n) is 2.94. The fraction of sp³-hybridized carbons (Fsp3) is 0.250. The number of carbonyl (C=O) groups excluding carboxylic acids is 1. The van der Waals surface area contributed by atoms with Gasteiger partial charge in [-0.2, -0.15) is 0 Å². The molecule has 0 heterocycles. The van der Waals surface area contributed by atoms with Gasteiger partial charge in [-0.1, -0.05) is 18.7 Å². The van der Waals surface area contributed by atoms with Crippen molar-refractivity contribution in [2.24, 2.45) is 0 Å². The molecule has 0 radical (unpaired) electrons. The van der Waals surface area contributed by atoms with Gasteiger partial charge in [0.1, 0.15) is 0 Å². The van der Waals surface area contributed by atoms with E-state index in [9.17, 15) is 4.79 Å². The lowest BCUT2D eigenvalue weighted by atomic mass is 10.3. The van der Waals surface area contributed by atoms with Crippen molar-refractivity contribution < 1.29 is 19.4 Å². The van der Waals surface area contributed by atoms with Gasteiger partial charge in [-0.25, -0.2) is 4.79 Å². The number of hydrogen-bond donors (Lipinski definition) is 1. The van der Waals surface area contributed by atoms with Gasteiger partial charge in [0.25, 0.3) is 0 Å². The smallest absolute Gasteiger partial charge is 0.332 e. The first-order chi connectivity index (χ1) is 7.52. The maximum absolute atomic E-state index is 10.2. The van der Waals surface area contributed by atoms with E-state index in [2.05, 4.69) is 11.3 Å². The highest BCUT2D eigenvalue weighted by Gasteiger charge is 1.95. The second-order valence-corrected chi connectivity index (χ2v) is 2.94. The fourth-order valence-electron chi connectivity index (χ4n) is 0.804. The first kappa shape index (κ1) is 14.0. The fourth-order valence-corrected chi connectivity index (χ4v) is 0.804. The molecule has 0 saturated carbocycles. The summed E-state index contributed by atoms with van der Waals surface area (Å²) in [5.74, 6) is 0.345. The molecule has 0 aromatic heterocycles. The van der Waals surface area contributed by atoms with Crippen LogP contribution in [0, 0.1) is 0 Å². The summed E-state index contributed by atoms with van der Waals surface area (Å²) >= 11 is 0. The summed E-state index contributed by atoms with van der Waals surface area (Å²) in [6.07, 6.45) is 0. The van der Waals surface area contributed by atoms with Gasteiger partial charge in [-0.15, -0.1) is 0 Å². The Morgan fingerprint density at radius 2 is 1.88 bits per heavy atom. The highest BCUT2D eigenvalue weighted by atomic mass is 16.5. The molecular formula is C12H16O4. The normalized spacial score (nSPS) is 8.44. The summed E-state index contributed by atoms with van der Waals surface area (Å²) in [5, 5.41) is 8.99. The standard InChI is InChI=1S/C7H8O2.C5H8O2/c1-9-7-5-3-2-4-6(7)8;1-4(2)5(6)7-3/h2-5,8H,1H3;1H2,2-3H3. The van der Waals surface area contributed by atoms with E-state index in [4.69, 9.17) is 9.84 Å². The molecule has 0 saturated heterocycles. The highest BCUT2D eigenvalue weighted by Crippen LogP contribution is 2.22. The first-order valence-electron chi connectivity index (χ1n) is 4.58. The topological polar surface area (TPSA) is 55.8 Å². The Morgan fingerprint density at radius 1 is 1.31 bits per heavy atom. The third-order valence-electron chi connectivity index (χ3n) is 1.62. The van der Waals surface area contributed by atoms with Crippen LogP contribution in [0.5, 0.6) is 11.5 Å². The number of hydrogen-bond acceptors (Lipinski definition) is 4. The molecule has 1 aromatic carbocycles. The van der Waals surface area contributed by atoms with E-state index < -0.39 is 0 Å². The molecule has 0 unspecified atom stereocenters. The van der Waals surface area contributed by atoms with Crippen LogP contribution < -0.4 is 4.74 Å². The van der Waals surface area contributed by atoms with E-state index in [1.54, 1.807) is 31.2 Å². The van der Waals surface area contributed by atoms with Gasteiger partial charge in [-0.3, -0.25) is 0 Å². The van der Waals surface area contributed by atoms with Crippen molar-refractivity contribution in [2.45, 2.75) is 6.92 Å². The Hall–Kier alpha value is -1.97. The minimum absolute atomic E-state index is 0.181. The number of phenolic OH excluding ortho intramolecular Hbond substituents is 1. The molecule has 0 aliphatic carbocycles. The van der Waals surface area contributed by atoms with Crippen molar-refractivity contribution in [3.8, 4) is 11.5 Å². The van der Waals surface area contributed by atoms with Crippen LogP contribution in [0.1, 0.15) is 6.92 Å². The minimum atomic E-state index is -0.347. The van der Waals surface area contributed by atoms with Crippen LogP contribution in [0.25, 0.3) is 0 Å². The molecule has 1 N–H and O–H groups in total. The molecule has 16 heavy (non-hydrogen) atoms. The molecule has 1 rings (SSSR count). The Kier molecular flexibility index (Phi) is 6.43. The van der Waals surface area contributed by atoms with Gasteiger partial charge in [0.15, 0.2) is 11.5 Å². The summed E-state index contributed by atoms with van der Waals surface area (Å²) in [6, 6.07) is 6.84. The van der Waals surface area contributed by atoms with E-state index in [1.165, 1.54) is 14.2 Å². The third kappa shape index (κ3) is 5.05. The van der Waals surface area contributed by atoms with Crippen molar-refractivity contribution in [1.82, 2.24) is 0 Å². The number of esters is 1. The quantitative estimate of drug-likeness (QED) is 0.617. The number of carbonyl (C=O) groups is 1. The van der Waals surface area contributed by atoms with Crippen molar-refractivity contribution >= 4 is 5.97 Å². The molecular weight excluding hydrogens is 208 g/mol. The summed E-state index contributed by atoms with van der Waals surface area (Å²) in [5.41, 5.74) is 0.433. The maximum Gasteiger partial charge on any atom is 0.332 e. The summed E-state index contributed by atoms with van der Waals surface area (Å²) in [4.78, 5) is 10.2. The molecule has 0 aliphatic rings. The van der Waals surface area contributed by atoms with Crippen LogP contribution in [-0.4, -0.2) is 25.3 Å². The number of ether oxygens (including phenoxy) is 2. The van der Waals surface area contributed by atoms with Crippen LogP contribution in [0.2, 0.25) is 0 Å². The number of phenols is 1. The highest BCUT2D eigenvalue weighted by molar-refractivity contribution is 5.86. The van der Waals surface area contributed by atoms with Crippen molar-refractivity contribution in [1.29, 1.82) is 0 Å². The van der Waals surface area contributed by atoms with Crippen LogP contribution >= 0.6 is 0 Å². The largest absolute Gasteiger partial charge is 0.504 e. The molecule has 0 atom stereocenters. The number of benzene rings is 1. The predicted molar refractivity (Wildman–Crippen MR) is 61.5 cm³/mol. The Labute approximate surface area is 95.1 Å². The van der Waals surface area contributed by atoms with Crippen LogP contribution in [0.4, 0.5) is 0 Å². The van der Waals surface area contributed by atoms with Gasteiger partial charge in [0.2, 0.25) is 0 Å². The summed E-state index contributed by atoms with van der Waals surface area (Å²) < 4.78 is 9.07. The average Bonchev–Trinajstić information content (AvgIpc) is 2.29. The maximum atomic E-state index is 10.2. The van der Waals surface area contributed by atoms with Crippen molar-refractivity contribution in [3.05, 3.63) is 36.4 Å². The van der Waals surface area contributed by atoms with E-state index in [-0.39, 0.29) is 11.7 Å². The number of aromatic hydroxyl groups is 1. The molecule has 0 aliphatic heterocycles. The molecule has 0 amide bonds. The molecule has 0 bridgehead atoms. The zero-order valence-electron chi connectivity index (χ0n) is 9.69. The van der Waals surface area contributed by atoms with E-state index in [0.717, 1.165) is 0 Å². The molecule has 88 valence electrons. The number of rotatable bonds is 2.